The number of hydrogen-bond donors (Lipinski definition) is 1. The van der Waals surface area contributed by atoms with E-state index < -0.39 is 0 Å². The quantitative estimate of drug-likeness (QED) is 0.532. The zero-order chi connectivity index (χ0) is 14.8. The van der Waals surface area contributed by atoms with Gasteiger partial charge in [-0.2, -0.15) is 0 Å². The van der Waals surface area contributed by atoms with E-state index in [1.807, 2.05) is 19.2 Å². The second-order valence-corrected chi connectivity index (χ2v) is 5.63. The van der Waals surface area contributed by atoms with Gasteiger partial charge in [0.25, 0.3) is 0 Å². The number of aryl methyl sites for hydroxylation is 1. The first-order chi connectivity index (χ1) is 9.61. The fourth-order valence-corrected chi connectivity index (χ4v) is 2.35. The van der Waals surface area contributed by atoms with E-state index in [0.717, 1.165) is 36.8 Å². The molecule has 0 bridgehead atoms. The molecule has 0 aliphatic rings. The van der Waals surface area contributed by atoms with Crippen molar-refractivity contribution in [2.45, 2.75) is 45.6 Å². The van der Waals surface area contributed by atoms with Gasteiger partial charge in [-0.25, -0.2) is 4.98 Å². The minimum Gasteiger partial charge on any atom is -0.469 e. The number of esters is 1. The van der Waals surface area contributed by atoms with E-state index in [4.69, 9.17) is 4.74 Å². The first-order valence-corrected chi connectivity index (χ1v) is 7.86. The van der Waals surface area contributed by atoms with Crippen LogP contribution >= 0.6 is 11.3 Å². The number of rotatable bonds is 10. The van der Waals surface area contributed by atoms with Gasteiger partial charge in [-0.1, -0.05) is 0 Å². The number of unbranched alkanes of at least 4 members (excludes halogenated alkanes) is 1. The van der Waals surface area contributed by atoms with E-state index in [9.17, 15) is 4.79 Å². The summed E-state index contributed by atoms with van der Waals surface area (Å²) in [5, 5.41) is 6.18. The van der Waals surface area contributed by atoms with Crippen molar-refractivity contribution < 1.29 is 14.3 Å². The summed E-state index contributed by atoms with van der Waals surface area (Å²) in [6.45, 7) is 5.79. The van der Waals surface area contributed by atoms with Crippen molar-refractivity contribution >= 4 is 22.4 Å². The van der Waals surface area contributed by atoms with Gasteiger partial charge in [0.2, 0.25) is 0 Å². The lowest BCUT2D eigenvalue weighted by Gasteiger charge is -2.07. The third kappa shape index (κ3) is 7.45. The van der Waals surface area contributed by atoms with Gasteiger partial charge in [-0.05, 0) is 26.7 Å². The largest absolute Gasteiger partial charge is 0.469 e. The van der Waals surface area contributed by atoms with Crippen LogP contribution in [0.2, 0.25) is 0 Å². The molecule has 1 aromatic heterocycles. The number of nitrogens with one attached hydrogen (secondary N) is 1. The molecule has 0 radical (unpaired) electrons. The summed E-state index contributed by atoms with van der Waals surface area (Å²) in [6, 6.07) is 0. The fraction of sp³-hybridized carbons (Fsp3) is 0.714. The lowest BCUT2D eigenvalue weighted by atomic mass is 10.2. The van der Waals surface area contributed by atoms with Gasteiger partial charge in [0, 0.05) is 25.0 Å². The van der Waals surface area contributed by atoms with E-state index in [2.05, 4.69) is 15.0 Å². The van der Waals surface area contributed by atoms with Gasteiger partial charge in [-0.15, -0.1) is 11.3 Å². The van der Waals surface area contributed by atoms with Gasteiger partial charge in [0.05, 0.1) is 25.3 Å². The Balaban J connectivity index is 2.12. The van der Waals surface area contributed by atoms with Gasteiger partial charge >= 0.3 is 5.97 Å². The molecular formula is C14H24N2O3S. The van der Waals surface area contributed by atoms with Gasteiger partial charge < -0.3 is 14.8 Å². The van der Waals surface area contributed by atoms with Crippen LogP contribution in [-0.2, 0) is 20.7 Å². The van der Waals surface area contributed by atoms with Crippen LogP contribution in [0.1, 0.15) is 38.8 Å². The van der Waals surface area contributed by atoms with Crippen LogP contribution in [0.5, 0.6) is 0 Å². The number of carbonyl (C=O) groups is 1. The minimum atomic E-state index is -0.197. The average Bonchev–Trinajstić information content (AvgIpc) is 2.87. The Morgan fingerprint density at radius 3 is 2.95 bits per heavy atom. The number of ether oxygens (including phenoxy) is 2. The Morgan fingerprint density at radius 2 is 2.25 bits per heavy atom. The van der Waals surface area contributed by atoms with Crippen molar-refractivity contribution in [3.05, 3.63) is 11.1 Å². The zero-order valence-corrected chi connectivity index (χ0v) is 13.3. The Kier molecular flexibility index (Phi) is 8.22. The van der Waals surface area contributed by atoms with Crippen molar-refractivity contribution in [1.29, 1.82) is 0 Å². The Labute approximate surface area is 124 Å². The monoisotopic (exact) mass is 300 g/mol. The molecule has 20 heavy (non-hydrogen) atoms. The van der Waals surface area contributed by atoms with E-state index >= 15 is 0 Å². The maximum absolute atomic E-state index is 11.0. The van der Waals surface area contributed by atoms with Crippen LogP contribution in [0.3, 0.4) is 0 Å². The lowest BCUT2D eigenvalue weighted by molar-refractivity contribution is -0.140. The SMILES string of the molecule is COC(=O)CCc1csc(NCCCCOC(C)C)n1. The van der Waals surface area contributed by atoms with Crippen LogP contribution in [0, 0.1) is 0 Å². The molecule has 0 unspecified atom stereocenters. The first kappa shape index (κ1) is 16.9. The van der Waals surface area contributed by atoms with Gasteiger partial charge in [-0.3, -0.25) is 4.79 Å². The summed E-state index contributed by atoms with van der Waals surface area (Å²) in [4.78, 5) is 15.5. The molecule has 1 rings (SSSR count). The highest BCUT2D eigenvalue weighted by Gasteiger charge is 2.05. The van der Waals surface area contributed by atoms with Crippen LogP contribution in [0.25, 0.3) is 0 Å². The molecule has 0 atom stereocenters. The third-order valence-corrected chi connectivity index (χ3v) is 3.51. The van der Waals surface area contributed by atoms with Crippen molar-refractivity contribution in [2.24, 2.45) is 0 Å². The average molecular weight is 300 g/mol. The highest BCUT2D eigenvalue weighted by Crippen LogP contribution is 2.16. The standard InChI is InChI=1S/C14H24N2O3S/c1-11(2)19-9-5-4-8-15-14-16-12(10-20-14)6-7-13(17)18-3/h10-11H,4-9H2,1-3H3,(H,15,16). The third-order valence-electron chi connectivity index (χ3n) is 2.66. The molecule has 0 saturated heterocycles. The molecule has 0 saturated carbocycles. The Morgan fingerprint density at radius 1 is 1.45 bits per heavy atom. The van der Waals surface area contributed by atoms with Crippen molar-refractivity contribution in [3.63, 3.8) is 0 Å². The molecule has 0 fully saturated rings. The van der Waals surface area contributed by atoms with Crippen molar-refractivity contribution in [2.75, 3.05) is 25.6 Å². The number of methoxy groups -OCH3 is 1. The molecule has 1 N–H and O–H groups in total. The second-order valence-electron chi connectivity index (χ2n) is 4.77. The Hall–Kier alpha value is -1.14. The molecule has 1 heterocycles. The van der Waals surface area contributed by atoms with Crippen LogP contribution in [-0.4, -0.2) is 37.3 Å². The van der Waals surface area contributed by atoms with E-state index in [0.29, 0.717) is 18.9 Å². The summed E-state index contributed by atoms with van der Waals surface area (Å²) in [7, 11) is 1.40. The molecule has 0 amide bonds. The van der Waals surface area contributed by atoms with Crippen molar-refractivity contribution in [3.8, 4) is 0 Å². The summed E-state index contributed by atoms with van der Waals surface area (Å²) < 4.78 is 10.1. The number of anilines is 1. The van der Waals surface area contributed by atoms with Crippen LogP contribution in [0.15, 0.2) is 5.38 Å². The van der Waals surface area contributed by atoms with Crippen molar-refractivity contribution in [1.82, 2.24) is 4.98 Å². The normalized spacial score (nSPS) is 10.8. The highest BCUT2D eigenvalue weighted by atomic mass is 32.1. The lowest BCUT2D eigenvalue weighted by Crippen LogP contribution is -2.07. The topological polar surface area (TPSA) is 60.5 Å². The minimum absolute atomic E-state index is 0.197. The second kappa shape index (κ2) is 9.72. The molecule has 5 nitrogen and oxygen atoms in total. The molecule has 0 aromatic carbocycles. The number of aromatic nitrogens is 1. The number of nitrogens with zero attached hydrogens (tertiary/aromatic N) is 1. The van der Waals surface area contributed by atoms with E-state index in [1.165, 1.54) is 7.11 Å². The number of hydrogen-bond acceptors (Lipinski definition) is 6. The molecule has 0 aliphatic carbocycles. The smallest absolute Gasteiger partial charge is 0.305 e. The maximum Gasteiger partial charge on any atom is 0.305 e. The number of carbonyl (C=O) groups excluding carboxylic acids is 1. The van der Waals surface area contributed by atoms with Crippen LogP contribution in [0.4, 0.5) is 5.13 Å². The summed E-state index contributed by atoms with van der Waals surface area (Å²) >= 11 is 1.57. The van der Waals surface area contributed by atoms with Gasteiger partial charge in [0.1, 0.15) is 0 Å². The predicted octanol–water partition coefficient (Wildman–Crippen LogP) is 2.87. The molecule has 1 aromatic rings. The summed E-state index contributed by atoms with van der Waals surface area (Å²) in [5.74, 6) is -0.197. The number of thiazole rings is 1. The molecule has 114 valence electrons. The summed E-state index contributed by atoms with van der Waals surface area (Å²) in [5.41, 5.74) is 0.936. The molecule has 0 aliphatic heterocycles. The molecular weight excluding hydrogens is 276 g/mol. The summed E-state index contributed by atoms with van der Waals surface area (Å²) in [6.07, 6.45) is 3.42. The van der Waals surface area contributed by atoms with E-state index in [-0.39, 0.29) is 5.97 Å². The van der Waals surface area contributed by atoms with Crippen LogP contribution < -0.4 is 5.32 Å². The van der Waals surface area contributed by atoms with Gasteiger partial charge in [0.15, 0.2) is 5.13 Å². The fourth-order valence-electron chi connectivity index (χ4n) is 1.58. The predicted molar refractivity (Wildman–Crippen MR) is 81.3 cm³/mol. The zero-order valence-electron chi connectivity index (χ0n) is 12.5. The molecule has 6 heteroatoms. The highest BCUT2D eigenvalue weighted by molar-refractivity contribution is 7.13. The maximum atomic E-state index is 11.0. The molecule has 0 spiro atoms. The first-order valence-electron chi connectivity index (χ1n) is 6.98. The Bertz CT molecular complexity index is 394. The van der Waals surface area contributed by atoms with E-state index in [1.54, 1.807) is 11.3 Å².